The van der Waals surface area contributed by atoms with Crippen LogP contribution in [0, 0.1) is 23.0 Å². The molecule has 0 N–H and O–H groups in total. The largest absolute Gasteiger partial charge is 0.388 e. The van der Waals surface area contributed by atoms with E-state index in [1.807, 2.05) is 30.3 Å². The molecule has 0 amide bonds. The van der Waals surface area contributed by atoms with Gasteiger partial charge in [0.15, 0.2) is 0 Å². The van der Waals surface area contributed by atoms with Gasteiger partial charge >= 0.3 is 0 Å². The van der Waals surface area contributed by atoms with Crippen LogP contribution in [0.15, 0.2) is 48.5 Å². The summed E-state index contributed by atoms with van der Waals surface area (Å²) >= 11 is 0. The Labute approximate surface area is 115 Å². The van der Waals surface area contributed by atoms with Crippen molar-refractivity contribution in [3.8, 4) is 24.0 Å². The van der Waals surface area contributed by atoms with Gasteiger partial charge in [0.05, 0.1) is 0 Å². The van der Waals surface area contributed by atoms with Crippen molar-refractivity contribution >= 4 is 21.5 Å². The molecule has 4 heteroatoms. The van der Waals surface area contributed by atoms with Crippen molar-refractivity contribution in [3.05, 3.63) is 48.5 Å². The Bertz CT molecular complexity index is 888. The molecule has 0 unspecified atom stereocenters. The third kappa shape index (κ3) is 1.96. The molecule has 0 aromatic heterocycles. The van der Waals surface area contributed by atoms with E-state index in [4.69, 9.17) is 20.0 Å². The standard InChI is InChI=1S/C16H8N2O2/c17-9-19-14-5-4-11-8-15-12(6-13(11)7-14)2-1-3-16(15)20-10-18/h1-8H. The number of nitrogens with zero attached hydrogens (tertiary/aromatic N) is 2. The lowest BCUT2D eigenvalue weighted by Crippen LogP contribution is -1.86. The van der Waals surface area contributed by atoms with Crippen LogP contribution in [0.5, 0.6) is 11.5 Å². The van der Waals surface area contributed by atoms with Gasteiger partial charge in [-0.2, -0.15) is 0 Å². The third-order valence-electron chi connectivity index (χ3n) is 3.09. The van der Waals surface area contributed by atoms with E-state index in [1.54, 1.807) is 30.7 Å². The van der Waals surface area contributed by atoms with Gasteiger partial charge in [0.1, 0.15) is 11.5 Å². The molecule has 0 fully saturated rings. The Morgan fingerprint density at radius 3 is 2.40 bits per heavy atom. The Morgan fingerprint density at radius 2 is 1.60 bits per heavy atom. The molecule has 0 aliphatic rings. The van der Waals surface area contributed by atoms with Gasteiger partial charge in [0.2, 0.25) is 0 Å². The van der Waals surface area contributed by atoms with E-state index in [0.717, 1.165) is 21.5 Å². The topological polar surface area (TPSA) is 66.0 Å². The summed E-state index contributed by atoms with van der Waals surface area (Å²) in [4.78, 5) is 0. The van der Waals surface area contributed by atoms with Gasteiger partial charge in [-0.25, -0.2) is 0 Å². The summed E-state index contributed by atoms with van der Waals surface area (Å²) in [5.41, 5.74) is 0. The van der Waals surface area contributed by atoms with E-state index in [2.05, 4.69) is 0 Å². The summed E-state index contributed by atoms with van der Waals surface area (Å²) in [5.74, 6) is 1.04. The van der Waals surface area contributed by atoms with Crippen molar-refractivity contribution in [2.24, 2.45) is 0 Å². The van der Waals surface area contributed by atoms with Gasteiger partial charge in [0.25, 0.3) is 12.5 Å². The van der Waals surface area contributed by atoms with Crippen LogP contribution in [-0.4, -0.2) is 0 Å². The van der Waals surface area contributed by atoms with Crippen LogP contribution in [0.4, 0.5) is 0 Å². The quantitative estimate of drug-likeness (QED) is 0.520. The summed E-state index contributed by atoms with van der Waals surface area (Å²) in [5, 5.41) is 21.0. The number of fused-ring (bicyclic) bond motifs is 2. The van der Waals surface area contributed by atoms with E-state index in [1.165, 1.54) is 0 Å². The first-order valence-electron chi connectivity index (χ1n) is 5.90. The molecule has 0 aliphatic carbocycles. The Hall–Kier alpha value is -3.24. The number of hydrogen-bond donors (Lipinski definition) is 0. The first-order chi connectivity index (χ1) is 9.81. The molecule has 0 saturated heterocycles. The predicted octanol–water partition coefficient (Wildman–Crippen LogP) is 3.71. The van der Waals surface area contributed by atoms with E-state index in [9.17, 15) is 0 Å². The molecule has 0 atom stereocenters. The maximum atomic E-state index is 8.67. The SMILES string of the molecule is N#COc1ccc2cc3c(OC#N)cccc3cc2c1. The summed E-state index contributed by atoms with van der Waals surface area (Å²) in [7, 11) is 0. The van der Waals surface area contributed by atoms with Crippen molar-refractivity contribution in [1.29, 1.82) is 10.5 Å². The zero-order chi connectivity index (χ0) is 13.9. The molecule has 20 heavy (non-hydrogen) atoms. The van der Waals surface area contributed by atoms with Crippen molar-refractivity contribution in [3.63, 3.8) is 0 Å². The lowest BCUT2D eigenvalue weighted by atomic mass is 10.0. The molecule has 94 valence electrons. The van der Waals surface area contributed by atoms with E-state index >= 15 is 0 Å². The van der Waals surface area contributed by atoms with Crippen LogP contribution in [-0.2, 0) is 0 Å². The van der Waals surface area contributed by atoms with Crippen LogP contribution in [0.3, 0.4) is 0 Å². The van der Waals surface area contributed by atoms with Gasteiger partial charge in [-0.15, -0.1) is 10.5 Å². The fourth-order valence-electron chi connectivity index (χ4n) is 2.23. The molecule has 0 radical (unpaired) electrons. The van der Waals surface area contributed by atoms with Crippen molar-refractivity contribution in [2.45, 2.75) is 0 Å². The summed E-state index contributed by atoms with van der Waals surface area (Å²) in [6, 6.07) is 14.8. The van der Waals surface area contributed by atoms with E-state index < -0.39 is 0 Å². The van der Waals surface area contributed by atoms with E-state index in [0.29, 0.717) is 11.5 Å². The van der Waals surface area contributed by atoms with Gasteiger partial charge < -0.3 is 9.47 Å². The molecular weight excluding hydrogens is 252 g/mol. The van der Waals surface area contributed by atoms with Gasteiger partial charge in [-0.05, 0) is 46.5 Å². The van der Waals surface area contributed by atoms with Crippen LogP contribution in [0.1, 0.15) is 0 Å². The van der Waals surface area contributed by atoms with Crippen molar-refractivity contribution in [1.82, 2.24) is 0 Å². The van der Waals surface area contributed by atoms with Crippen molar-refractivity contribution in [2.75, 3.05) is 0 Å². The molecule has 0 heterocycles. The van der Waals surface area contributed by atoms with Crippen molar-refractivity contribution < 1.29 is 9.47 Å². The second kappa shape index (κ2) is 4.79. The zero-order valence-electron chi connectivity index (χ0n) is 10.3. The highest BCUT2D eigenvalue weighted by Crippen LogP contribution is 2.31. The first kappa shape index (κ1) is 11.8. The maximum Gasteiger partial charge on any atom is 0.292 e. The fourth-order valence-corrected chi connectivity index (χ4v) is 2.23. The van der Waals surface area contributed by atoms with Crippen LogP contribution < -0.4 is 9.47 Å². The lowest BCUT2D eigenvalue weighted by molar-refractivity contribution is 0.508. The smallest absolute Gasteiger partial charge is 0.292 e. The monoisotopic (exact) mass is 260 g/mol. The highest BCUT2D eigenvalue weighted by Gasteiger charge is 2.05. The van der Waals surface area contributed by atoms with E-state index in [-0.39, 0.29) is 0 Å². The normalized spacial score (nSPS) is 9.90. The van der Waals surface area contributed by atoms with Gasteiger partial charge in [0, 0.05) is 5.39 Å². The predicted molar refractivity (Wildman–Crippen MR) is 73.9 cm³/mol. The first-order valence-corrected chi connectivity index (χ1v) is 5.90. The van der Waals surface area contributed by atoms with Crippen LogP contribution in [0.25, 0.3) is 21.5 Å². The maximum absolute atomic E-state index is 8.67. The fraction of sp³-hybridized carbons (Fsp3) is 0. The molecule has 0 spiro atoms. The number of hydrogen-bond acceptors (Lipinski definition) is 4. The highest BCUT2D eigenvalue weighted by atomic mass is 16.5. The third-order valence-corrected chi connectivity index (χ3v) is 3.09. The molecule has 0 saturated carbocycles. The number of benzene rings is 3. The minimum absolute atomic E-state index is 0.503. The number of ether oxygens (including phenoxy) is 2. The van der Waals surface area contributed by atoms with Crippen LogP contribution in [0.2, 0.25) is 0 Å². The minimum atomic E-state index is 0.503. The zero-order valence-corrected chi connectivity index (χ0v) is 10.3. The Balaban J connectivity index is 2.26. The average molecular weight is 260 g/mol. The summed E-state index contributed by atoms with van der Waals surface area (Å²) in [6.07, 6.45) is 3.35. The molecular formula is C16H8N2O2. The minimum Gasteiger partial charge on any atom is -0.388 e. The molecule has 0 bridgehead atoms. The molecule has 3 aromatic carbocycles. The molecule has 3 aromatic rings. The highest BCUT2D eigenvalue weighted by molar-refractivity contribution is 6.01. The second-order valence-electron chi connectivity index (χ2n) is 4.23. The van der Waals surface area contributed by atoms with Crippen LogP contribution >= 0.6 is 0 Å². The number of nitriles is 2. The summed E-state index contributed by atoms with van der Waals surface area (Å²) < 4.78 is 9.79. The second-order valence-corrected chi connectivity index (χ2v) is 4.23. The Kier molecular flexibility index (Phi) is 2.84. The van der Waals surface area contributed by atoms with Gasteiger partial charge in [-0.3, -0.25) is 0 Å². The molecule has 4 nitrogen and oxygen atoms in total. The molecule has 0 aliphatic heterocycles. The van der Waals surface area contributed by atoms with Gasteiger partial charge in [-0.1, -0.05) is 18.2 Å². The summed E-state index contributed by atoms with van der Waals surface area (Å²) in [6.45, 7) is 0. The Morgan fingerprint density at radius 1 is 0.750 bits per heavy atom. The molecule has 3 rings (SSSR count). The lowest BCUT2D eigenvalue weighted by Gasteiger charge is -2.06. The number of rotatable bonds is 2. The average Bonchev–Trinajstić information content (AvgIpc) is 2.46.